The standard InChI is InChI=1S/C15H18N2O.ClH/c1-13-5-4-6-14(11-13)12-16-9-10-18-15-7-2-3-8-17-15;/h2-8,11,16H,9-10,12H2,1H3;1H. The Hall–Kier alpha value is -1.58. The second-order valence-electron chi connectivity index (χ2n) is 4.18. The maximum Gasteiger partial charge on any atom is 0.213 e. The third-order valence-electron chi connectivity index (χ3n) is 2.58. The van der Waals surface area contributed by atoms with Crippen molar-refractivity contribution < 1.29 is 4.74 Å². The van der Waals surface area contributed by atoms with E-state index in [1.54, 1.807) is 6.20 Å². The lowest BCUT2D eigenvalue weighted by Gasteiger charge is -2.07. The molecule has 0 aliphatic rings. The number of nitrogens with zero attached hydrogens (tertiary/aromatic N) is 1. The Kier molecular flexibility index (Phi) is 6.93. The van der Waals surface area contributed by atoms with Gasteiger partial charge in [-0.3, -0.25) is 0 Å². The maximum atomic E-state index is 5.49. The zero-order chi connectivity index (χ0) is 12.6. The first-order valence-electron chi connectivity index (χ1n) is 6.15. The zero-order valence-corrected chi connectivity index (χ0v) is 11.8. The maximum absolute atomic E-state index is 5.49. The second-order valence-corrected chi connectivity index (χ2v) is 4.18. The molecular formula is C15H19ClN2O. The Morgan fingerprint density at radius 2 is 2.05 bits per heavy atom. The summed E-state index contributed by atoms with van der Waals surface area (Å²) in [6, 6.07) is 14.2. The predicted octanol–water partition coefficient (Wildman–Crippen LogP) is 2.98. The molecule has 0 amide bonds. The quantitative estimate of drug-likeness (QED) is 0.825. The molecule has 2 rings (SSSR count). The van der Waals surface area contributed by atoms with E-state index in [9.17, 15) is 0 Å². The molecule has 1 aromatic heterocycles. The van der Waals surface area contributed by atoms with Crippen LogP contribution in [-0.4, -0.2) is 18.1 Å². The summed E-state index contributed by atoms with van der Waals surface area (Å²) >= 11 is 0. The Morgan fingerprint density at radius 3 is 2.79 bits per heavy atom. The highest BCUT2D eigenvalue weighted by Gasteiger charge is 1.94. The van der Waals surface area contributed by atoms with Crippen LogP contribution in [0.15, 0.2) is 48.7 Å². The van der Waals surface area contributed by atoms with Gasteiger partial charge in [0.1, 0.15) is 6.61 Å². The summed E-state index contributed by atoms with van der Waals surface area (Å²) in [6.45, 7) is 4.41. The number of aromatic nitrogens is 1. The first kappa shape index (κ1) is 15.5. The van der Waals surface area contributed by atoms with Crippen molar-refractivity contribution in [3.05, 3.63) is 59.8 Å². The van der Waals surface area contributed by atoms with E-state index in [0.717, 1.165) is 13.1 Å². The SMILES string of the molecule is Cc1cccc(CNCCOc2ccccn2)c1.Cl. The van der Waals surface area contributed by atoms with Crippen LogP contribution in [0.5, 0.6) is 5.88 Å². The number of hydrogen-bond acceptors (Lipinski definition) is 3. The lowest BCUT2D eigenvalue weighted by Crippen LogP contribution is -2.20. The smallest absolute Gasteiger partial charge is 0.213 e. The molecule has 1 aromatic carbocycles. The fourth-order valence-electron chi connectivity index (χ4n) is 1.72. The van der Waals surface area contributed by atoms with Crippen LogP contribution in [0.4, 0.5) is 0 Å². The Bertz CT molecular complexity index is 477. The fraction of sp³-hybridized carbons (Fsp3) is 0.267. The molecule has 1 N–H and O–H groups in total. The molecule has 3 nitrogen and oxygen atoms in total. The molecule has 2 aromatic rings. The lowest BCUT2D eigenvalue weighted by atomic mass is 10.1. The van der Waals surface area contributed by atoms with E-state index in [1.807, 2.05) is 18.2 Å². The fourth-order valence-corrected chi connectivity index (χ4v) is 1.72. The number of aryl methyl sites for hydroxylation is 1. The van der Waals surface area contributed by atoms with E-state index in [4.69, 9.17) is 4.74 Å². The number of rotatable bonds is 6. The summed E-state index contributed by atoms with van der Waals surface area (Å²) in [5.41, 5.74) is 2.59. The third kappa shape index (κ3) is 5.73. The van der Waals surface area contributed by atoms with Crippen LogP contribution >= 0.6 is 12.4 Å². The molecule has 19 heavy (non-hydrogen) atoms. The van der Waals surface area contributed by atoms with Gasteiger partial charge in [0.25, 0.3) is 0 Å². The van der Waals surface area contributed by atoms with Crippen molar-refractivity contribution in [1.29, 1.82) is 0 Å². The molecule has 4 heteroatoms. The highest BCUT2D eigenvalue weighted by atomic mass is 35.5. The first-order chi connectivity index (χ1) is 8.84. The van der Waals surface area contributed by atoms with Gasteiger partial charge in [-0.25, -0.2) is 4.98 Å². The van der Waals surface area contributed by atoms with Gasteiger partial charge in [0.2, 0.25) is 5.88 Å². The molecule has 0 aliphatic heterocycles. The second kappa shape index (κ2) is 8.51. The summed E-state index contributed by atoms with van der Waals surface area (Å²) in [6.07, 6.45) is 1.73. The zero-order valence-electron chi connectivity index (χ0n) is 11.0. The minimum atomic E-state index is 0. The van der Waals surface area contributed by atoms with Crippen molar-refractivity contribution in [2.45, 2.75) is 13.5 Å². The number of benzene rings is 1. The van der Waals surface area contributed by atoms with E-state index in [0.29, 0.717) is 12.5 Å². The van der Waals surface area contributed by atoms with Crippen LogP contribution in [-0.2, 0) is 6.54 Å². The molecule has 0 spiro atoms. The van der Waals surface area contributed by atoms with Gasteiger partial charge in [0.05, 0.1) is 0 Å². The van der Waals surface area contributed by atoms with Crippen LogP contribution < -0.4 is 10.1 Å². The van der Waals surface area contributed by atoms with Crippen LogP contribution in [0.2, 0.25) is 0 Å². The summed E-state index contributed by atoms with van der Waals surface area (Å²) in [4.78, 5) is 4.10. The molecule has 1 heterocycles. The van der Waals surface area contributed by atoms with Crippen molar-refractivity contribution in [1.82, 2.24) is 10.3 Å². The van der Waals surface area contributed by atoms with Gasteiger partial charge in [0.15, 0.2) is 0 Å². The number of halogens is 1. The Labute approximate surface area is 120 Å². The van der Waals surface area contributed by atoms with Crippen LogP contribution in [0.25, 0.3) is 0 Å². The van der Waals surface area contributed by atoms with Crippen molar-refractivity contribution in [3.8, 4) is 5.88 Å². The third-order valence-corrected chi connectivity index (χ3v) is 2.58. The Balaban J connectivity index is 0.00000180. The number of hydrogen-bond donors (Lipinski definition) is 1. The van der Waals surface area contributed by atoms with E-state index in [1.165, 1.54) is 11.1 Å². The molecular weight excluding hydrogens is 260 g/mol. The van der Waals surface area contributed by atoms with Gasteiger partial charge in [-0.05, 0) is 18.6 Å². The molecule has 0 radical (unpaired) electrons. The molecule has 0 saturated carbocycles. The summed E-state index contributed by atoms with van der Waals surface area (Å²) in [7, 11) is 0. The lowest BCUT2D eigenvalue weighted by molar-refractivity contribution is 0.302. The van der Waals surface area contributed by atoms with E-state index >= 15 is 0 Å². The van der Waals surface area contributed by atoms with Crippen molar-refractivity contribution in [2.24, 2.45) is 0 Å². The molecule has 0 aliphatic carbocycles. The summed E-state index contributed by atoms with van der Waals surface area (Å²) in [5.74, 6) is 0.676. The van der Waals surface area contributed by atoms with Gasteiger partial charge in [-0.15, -0.1) is 12.4 Å². The summed E-state index contributed by atoms with van der Waals surface area (Å²) in [5, 5.41) is 3.35. The highest BCUT2D eigenvalue weighted by Crippen LogP contribution is 2.04. The molecule has 102 valence electrons. The van der Waals surface area contributed by atoms with E-state index in [2.05, 4.69) is 41.5 Å². The monoisotopic (exact) mass is 278 g/mol. The number of ether oxygens (including phenoxy) is 1. The molecule has 0 unspecified atom stereocenters. The average Bonchev–Trinajstić information content (AvgIpc) is 2.40. The van der Waals surface area contributed by atoms with Gasteiger partial charge >= 0.3 is 0 Å². The van der Waals surface area contributed by atoms with Gasteiger partial charge in [-0.1, -0.05) is 35.9 Å². The minimum absolute atomic E-state index is 0. The van der Waals surface area contributed by atoms with Crippen LogP contribution in [0, 0.1) is 6.92 Å². The first-order valence-corrected chi connectivity index (χ1v) is 6.15. The molecule has 0 bridgehead atoms. The van der Waals surface area contributed by atoms with Crippen LogP contribution in [0.1, 0.15) is 11.1 Å². The van der Waals surface area contributed by atoms with Gasteiger partial charge in [-0.2, -0.15) is 0 Å². The van der Waals surface area contributed by atoms with Crippen LogP contribution in [0.3, 0.4) is 0 Å². The Morgan fingerprint density at radius 1 is 1.16 bits per heavy atom. The van der Waals surface area contributed by atoms with Gasteiger partial charge < -0.3 is 10.1 Å². The largest absolute Gasteiger partial charge is 0.476 e. The van der Waals surface area contributed by atoms with E-state index in [-0.39, 0.29) is 12.4 Å². The van der Waals surface area contributed by atoms with Crippen molar-refractivity contribution in [2.75, 3.05) is 13.2 Å². The van der Waals surface area contributed by atoms with E-state index < -0.39 is 0 Å². The highest BCUT2D eigenvalue weighted by molar-refractivity contribution is 5.85. The normalized spacial score (nSPS) is 9.74. The predicted molar refractivity (Wildman–Crippen MR) is 79.9 cm³/mol. The molecule has 0 saturated heterocycles. The molecule has 0 atom stereocenters. The minimum Gasteiger partial charge on any atom is -0.476 e. The number of pyridine rings is 1. The summed E-state index contributed by atoms with van der Waals surface area (Å²) < 4.78 is 5.49. The van der Waals surface area contributed by atoms with Crippen molar-refractivity contribution in [3.63, 3.8) is 0 Å². The molecule has 0 fully saturated rings. The average molecular weight is 279 g/mol. The topological polar surface area (TPSA) is 34.1 Å². The number of nitrogens with one attached hydrogen (secondary N) is 1. The van der Waals surface area contributed by atoms with Crippen molar-refractivity contribution >= 4 is 12.4 Å². The van der Waals surface area contributed by atoms with Gasteiger partial charge in [0, 0.05) is 25.4 Å².